The van der Waals surface area contributed by atoms with E-state index in [1.165, 1.54) is 12.3 Å². The summed E-state index contributed by atoms with van der Waals surface area (Å²) in [5.74, 6) is 1.20. The number of anilines is 1. The van der Waals surface area contributed by atoms with E-state index in [1.807, 2.05) is 18.2 Å². The standard InChI is InChI=1S/C10H15FN2OS/c1-13(3-4-15-2)10-8(7-14)5-9(11)6-12-10/h5-6,14H,3-4,7H2,1-2H3. The first-order chi connectivity index (χ1) is 7.19. The van der Waals surface area contributed by atoms with E-state index >= 15 is 0 Å². The third kappa shape index (κ3) is 3.35. The number of pyridine rings is 1. The fourth-order valence-corrected chi connectivity index (χ4v) is 1.72. The Morgan fingerprint density at radius 1 is 1.60 bits per heavy atom. The Labute approximate surface area is 93.3 Å². The highest BCUT2D eigenvalue weighted by Crippen LogP contribution is 2.17. The molecule has 0 saturated carbocycles. The molecule has 1 aromatic rings. The summed E-state index contributed by atoms with van der Waals surface area (Å²) in [5, 5.41) is 9.08. The molecule has 0 fully saturated rings. The molecule has 3 nitrogen and oxygen atoms in total. The van der Waals surface area contributed by atoms with Crippen molar-refractivity contribution in [3.05, 3.63) is 23.6 Å². The highest BCUT2D eigenvalue weighted by atomic mass is 32.2. The van der Waals surface area contributed by atoms with Gasteiger partial charge in [-0.2, -0.15) is 11.8 Å². The minimum atomic E-state index is -0.416. The smallest absolute Gasteiger partial charge is 0.142 e. The topological polar surface area (TPSA) is 36.4 Å². The Morgan fingerprint density at radius 3 is 2.93 bits per heavy atom. The van der Waals surface area contributed by atoms with Gasteiger partial charge in [0, 0.05) is 24.9 Å². The van der Waals surface area contributed by atoms with Crippen molar-refractivity contribution in [1.82, 2.24) is 4.98 Å². The van der Waals surface area contributed by atoms with Gasteiger partial charge in [-0.25, -0.2) is 9.37 Å². The van der Waals surface area contributed by atoms with Crippen molar-refractivity contribution in [1.29, 1.82) is 0 Å². The molecule has 84 valence electrons. The molecule has 0 aliphatic rings. The van der Waals surface area contributed by atoms with E-state index in [2.05, 4.69) is 4.98 Å². The monoisotopic (exact) mass is 230 g/mol. The molecule has 0 atom stereocenters. The number of aliphatic hydroxyl groups excluding tert-OH is 1. The van der Waals surface area contributed by atoms with Gasteiger partial charge in [-0.3, -0.25) is 0 Å². The largest absolute Gasteiger partial charge is 0.392 e. The van der Waals surface area contributed by atoms with Gasteiger partial charge in [-0.1, -0.05) is 0 Å². The fraction of sp³-hybridized carbons (Fsp3) is 0.500. The number of aromatic nitrogens is 1. The molecule has 0 amide bonds. The molecule has 15 heavy (non-hydrogen) atoms. The van der Waals surface area contributed by atoms with Crippen LogP contribution in [0.1, 0.15) is 5.56 Å². The van der Waals surface area contributed by atoms with Gasteiger partial charge in [0.25, 0.3) is 0 Å². The van der Waals surface area contributed by atoms with Gasteiger partial charge in [0.15, 0.2) is 0 Å². The maximum atomic E-state index is 12.9. The van der Waals surface area contributed by atoms with E-state index in [0.29, 0.717) is 11.4 Å². The zero-order valence-corrected chi connectivity index (χ0v) is 9.72. The first-order valence-electron chi connectivity index (χ1n) is 4.64. The molecule has 5 heteroatoms. The summed E-state index contributed by atoms with van der Waals surface area (Å²) >= 11 is 1.74. The summed E-state index contributed by atoms with van der Waals surface area (Å²) in [4.78, 5) is 5.90. The molecule has 1 aromatic heterocycles. The molecular weight excluding hydrogens is 215 g/mol. The first-order valence-corrected chi connectivity index (χ1v) is 6.03. The van der Waals surface area contributed by atoms with E-state index < -0.39 is 5.82 Å². The minimum Gasteiger partial charge on any atom is -0.392 e. The van der Waals surface area contributed by atoms with Crippen LogP contribution in [-0.4, -0.2) is 35.7 Å². The van der Waals surface area contributed by atoms with Gasteiger partial charge in [0.05, 0.1) is 12.8 Å². The van der Waals surface area contributed by atoms with Gasteiger partial charge in [-0.05, 0) is 12.3 Å². The lowest BCUT2D eigenvalue weighted by Gasteiger charge is -2.19. The summed E-state index contributed by atoms with van der Waals surface area (Å²) in [7, 11) is 1.88. The van der Waals surface area contributed by atoms with Crippen molar-refractivity contribution in [2.75, 3.05) is 30.5 Å². The maximum absolute atomic E-state index is 12.9. The Bertz CT molecular complexity index is 322. The van der Waals surface area contributed by atoms with Crippen LogP contribution in [0.4, 0.5) is 10.2 Å². The van der Waals surface area contributed by atoms with E-state index in [0.717, 1.165) is 12.3 Å². The predicted molar refractivity (Wildman–Crippen MR) is 61.8 cm³/mol. The van der Waals surface area contributed by atoms with Crippen LogP contribution in [0, 0.1) is 5.82 Å². The molecule has 0 unspecified atom stereocenters. The van der Waals surface area contributed by atoms with E-state index in [-0.39, 0.29) is 6.61 Å². The van der Waals surface area contributed by atoms with E-state index in [4.69, 9.17) is 5.11 Å². The van der Waals surface area contributed by atoms with Crippen LogP contribution in [0.25, 0.3) is 0 Å². The molecule has 1 heterocycles. The van der Waals surface area contributed by atoms with Crippen molar-refractivity contribution >= 4 is 17.6 Å². The zero-order chi connectivity index (χ0) is 11.3. The summed E-state index contributed by atoms with van der Waals surface area (Å²) < 4.78 is 12.9. The summed E-state index contributed by atoms with van der Waals surface area (Å²) in [6.45, 7) is 0.635. The van der Waals surface area contributed by atoms with Crippen molar-refractivity contribution in [2.24, 2.45) is 0 Å². The van der Waals surface area contributed by atoms with Crippen LogP contribution in [0.15, 0.2) is 12.3 Å². The quantitative estimate of drug-likeness (QED) is 0.832. The molecule has 1 N–H and O–H groups in total. The minimum absolute atomic E-state index is 0.191. The van der Waals surface area contributed by atoms with Gasteiger partial charge >= 0.3 is 0 Å². The number of aliphatic hydroxyl groups is 1. The first kappa shape index (κ1) is 12.3. The summed E-state index contributed by atoms with van der Waals surface area (Å²) in [5.41, 5.74) is 0.526. The van der Waals surface area contributed by atoms with Crippen LogP contribution < -0.4 is 4.90 Å². The molecule has 0 radical (unpaired) electrons. The van der Waals surface area contributed by atoms with Crippen molar-refractivity contribution in [3.8, 4) is 0 Å². The average Bonchev–Trinajstić information content (AvgIpc) is 2.25. The van der Waals surface area contributed by atoms with Crippen LogP contribution >= 0.6 is 11.8 Å². The lowest BCUT2D eigenvalue weighted by Crippen LogP contribution is -2.22. The van der Waals surface area contributed by atoms with Crippen molar-refractivity contribution in [3.63, 3.8) is 0 Å². The lowest BCUT2D eigenvalue weighted by molar-refractivity contribution is 0.281. The van der Waals surface area contributed by atoms with Crippen molar-refractivity contribution in [2.45, 2.75) is 6.61 Å². The summed E-state index contributed by atoms with van der Waals surface area (Å²) in [6.07, 6.45) is 3.20. The van der Waals surface area contributed by atoms with Crippen LogP contribution in [0.3, 0.4) is 0 Å². The lowest BCUT2D eigenvalue weighted by atomic mass is 10.2. The second-order valence-corrected chi connectivity index (χ2v) is 4.19. The maximum Gasteiger partial charge on any atom is 0.142 e. The number of hydrogen-bond donors (Lipinski definition) is 1. The molecule has 1 rings (SSSR count). The molecule has 0 aromatic carbocycles. The van der Waals surface area contributed by atoms with Gasteiger partial charge in [0.1, 0.15) is 11.6 Å². The van der Waals surface area contributed by atoms with E-state index in [9.17, 15) is 4.39 Å². The summed E-state index contributed by atoms with van der Waals surface area (Å²) in [6, 6.07) is 1.32. The van der Waals surface area contributed by atoms with E-state index in [1.54, 1.807) is 11.8 Å². The molecule has 0 aliphatic carbocycles. The third-order valence-electron chi connectivity index (χ3n) is 2.07. The Balaban J connectivity index is 2.82. The SMILES string of the molecule is CSCCN(C)c1ncc(F)cc1CO. The van der Waals surface area contributed by atoms with Gasteiger partial charge in [0.2, 0.25) is 0 Å². The predicted octanol–water partition coefficient (Wildman–Crippen LogP) is 1.51. The molecule has 0 aliphatic heterocycles. The number of thioether (sulfide) groups is 1. The van der Waals surface area contributed by atoms with Crippen LogP contribution in [-0.2, 0) is 6.61 Å². The van der Waals surface area contributed by atoms with Gasteiger partial charge < -0.3 is 10.0 Å². The molecular formula is C10H15FN2OS. The third-order valence-corrected chi connectivity index (χ3v) is 2.66. The van der Waals surface area contributed by atoms with Crippen LogP contribution in [0.2, 0.25) is 0 Å². The number of nitrogens with zero attached hydrogens (tertiary/aromatic N) is 2. The second-order valence-electron chi connectivity index (χ2n) is 3.21. The molecule has 0 bridgehead atoms. The highest BCUT2D eigenvalue weighted by Gasteiger charge is 2.09. The van der Waals surface area contributed by atoms with Gasteiger partial charge in [-0.15, -0.1) is 0 Å². The Hall–Kier alpha value is -0.810. The number of halogens is 1. The van der Waals surface area contributed by atoms with Crippen molar-refractivity contribution < 1.29 is 9.50 Å². The number of rotatable bonds is 5. The fourth-order valence-electron chi connectivity index (χ4n) is 1.27. The number of hydrogen-bond acceptors (Lipinski definition) is 4. The van der Waals surface area contributed by atoms with Crippen LogP contribution in [0.5, 0.6) is 0 Å². The zero-order valence-electron chi connectivity index (χ0n) is 8.90. The Morgan fingerprint density at radius 2 is 2.33 bits per heavy atom. The normalized spacial score (nSPS) is 10.4. The molecule has 0 spiro atoms. The average molecular weight is 230 g/mol. The second kappa shape index (κ2) is 5.92. The Kier molecular flexibility index (Phi) is 4.84. The molecule has 0 saturated heterocycles. The highest BCUT2D eigenvalue weighted by molar-refractivity contribution is 7.98.